The van der Waals surface area contributed by atoms with Gasteiger partial charge in [-0.1, -0.05) is 25.5 Å². The summed E-state index contributed by atoms with van der Waals surface area (Å²) in [5.74, 6) is -1.01. The van der Waals surface area contributed by atoms with Crippen molar-refractivity contribution in [2.24, 2.45) is 0 Å². The molecule has 26 heavy (non-hydrogen) atoms. The van der Waals surface area contributed by atoms with Gasteiger partial charge in [0.05, 0.1) is 11.3 Å². The molecule has 0 bridgehead atoms. The SMILES string of the molecule is CCCCC1=C[C@@](O)(C(F)(F)F)N(C(=O)Cc2ccc([N+](=O)[O-])cc2)N1. The summed E-state index contributed by atoms with van der Waals surface area (Å²) in [6.45, 7) is 1.86. The maximum absolute atomic E-state index is 13.3. The first-order valence-corrected chi connectivity index (χ1v) is 7.92. The number of nitrogens with zero attached hydrogens (tertiary/aromatic N) is 2. The van der Waals surface area contributed by atoms with E-state index < -0.39 is 29.2 Å². The Balaban J connectivity index is 2.19. The highest BCUT2D eigenvalue weighted by molar-refractivity contribution is 5.80. The average Bonchev–Trinajstić information content (AvgIpc) is 2.91. The molecule has 1 aromatic rings. The monoisotopic (exact) mass is 373 g/mol. The zero-order valence-corrected chi connectivity index (χ0v) is 13.9. The van der Waals surface area contributed by atoms with Crippen LogP contribution < -0.4 is 5.43 Å². The fourth-order valence-electron chi connectivity index (χ4n) is 2.51. The highest BCUT2D eigenvalue weighted by Crippen LogP contribution is 2.38. The van der Waals surface area contributed by atoms with Gasteiger partial charge in [-0.05, 0) is 24.5 Å². The van der Waals surface area contributed by atoms with Crippen LogP contribution >= 0.6 is 0 Å². The largest absolute Gasteiger partial charge is 0.442 e. The first kappa shape index (κ1) is 19.7. The summed E-state index contributed by atoms with van der Waals surface area (Å²) in [6, 6.07) is 4.87. The first-order valence-electron chi connectivity index (χ1n) is 7.92. The zero-order valence-electron chi connectivity index (χ0n) is 13.9. The number of hydrazine groups is 1. The van der Waals surface area contributed by atoms with Gasteiger partial charge in [0, 0.05) is 17.8 Å². The maximum atomic E-state index is 13.3. The molecule has 142 valence electrons. The van der Waals surface area contributed by atoms with Crippen LogP contribution in [0.4, 0.5) is 18.9 Å². The van der Waals surface area contributed by atoms with Crippen LogP contribution in [0, 0.1) is 10.1 Å². The van der Waals surface area contributed by atoms with Crippen molar-refractivity contribution >= 4 is 11.6 Å². The number of alkyl halides is 3. The lowest BCUT2D eigenvalue weighted by Gasteiger charge is -2.33. The van der Waals surface area contributed by atoms with E-state index in [4.69, 9.17) is 0 Å². The second-order valence-electron chi connectivity index (χ2n) is 5.94. The number of carbonyl (C=O) groups excluding carboxylic acids is 1. The third-order valence-electron chi connectivity index (χ3n) is 3.94. The fraction of sp³-hybridized carbons (Fsp3) is 0.438. The first-order chi connectivity index (χ1) is 12.1. The lowest BCUT2D eigenvalue weighted by Crippen LogP contribution is -2.60. The van der Waals surface area contributed by atoms with Gasteiger partial charge in [-0.2, -0.15) is 13.2 Å². The summed E-state index contributed by atoms with van der Waals surface area (Å²) in [5.41, 5.74) is -0.895. The number of non-ortho nitro benzene ring substituents is 1. The molecule has 2 rings (SSSR count). The Morgan fingerprint density at radius 1 is 1.35 bits per heavy atom. The molecule has 0 radical (unpaired) electrons. The van der Waals surface area contributed by atoms with Crippen LogP contribution in [0.5, 0.6) is 0 Å². The molecule has 0 aromatic heterocycles. The van der Waals surface area contributed by atoms with Gasteiger partial charge in [-0.3, -0.25) is 20.3 Å². The number of hydrogen-bond donors (Lipinski definition) is 2. The van der Waals surface area contributed by atoms with Gasteiger partial charge in [-0.25, -0.2) is 5.01 Å². The Kier molecular flexibility index (Phi) is 5.55. The van der Waals surface area contributed by atoms with Crippen molar-refractivity contribution < 1.29 is 28.0 Å². The predicted octanol–water partition coefficient (Wildman–Crippen LogP) is 2.81. The third-order valence-corrected chi connectivity index (χ3v) is 3.94. The Bertz CT molecular complexity index is 718. The van der Waals surface area contributed by atoms with Crippen LogP contribution in [0.25, 0.3) is 0 Å². The molecule has 0 saturated heterocycles. The fourth-order valence-corrected chi connectivity index (χ4v) is 2.51. The van der Waals surface area contributed by atoms with Gasteiger partial charge < -0.3 is 5.11 Å². The van der Waals surface area contributed by atoms with E-state index >= 15 is 0 Å². The number of allylic oxidation sites excluding steroid dienone is 1. The summed E-state index contributed by atoms with van der Waals surface area (Å²) in [5, 5.41) is 20.9. The Hall–Kier alpha value is -2.62. The number of hydrogen-bond acceptors (Lipinski definition) is 5. The third kappa shape index (κ3) is 3.96. The van der Waals surface area contributed by atoms with Gasteiger partial charge in [0.15, 0.2) is 0 Å². The zero-order chi connectivity index (χ0) is 19.5. The van der Waals surface area contributed by atoms with Crippen molar-refractivity contribution in [3.63, 3.8) is 0 Å². The van der Waals surface area contributed by atoms with Crippen LogP contribution in [0.1, 0.15) is 31.7 Å². The maximum Gasteiger partial charge on any atom is 0.442 e. The van der Waals surface area contributed by atoms with E-state index in [9.17, 15) is 33.2 Å². The highest BCUT2D eigenvalue weighted by Gasteiger charge is 2.61. The molecule has 0 spiro atoms. The van der Waals surface area contributed by atoms with Crippen molar-refractivity contribution in [1.29, 1.82) is 0 Å². The minimum absolute atomic E-state index is 0.115. The Labute approximate surface area is 147 Å². The number of benzene rings is 1. The highest BCUT2D eigenvalue weighted by atomic mass is 19.4. The molecule has 0 fully saturated rings. The van der Waals surface area contributed by atoms with E-state index in [1.807, 2.05) is 6.92 Å². The predicted molar refractivity (Wildman–Crippen MR) is 85.4 cm³/mol. The van der Waals surface area contributed by atoms with Gasteiger partial charge >= 0.3 is 6.18 Å². The molecule has 2 N–H and O–H groups in total. The molecule has 0 aliphatic carbocycles. The molecule has 7 nitrogen and oxygen atoms in total. The summed E-state index contributed by atoms with van der Waals surface area (Å²) in [4.78, 5) is 22.3. The van der Waals surface area contributed by atoms with Gasteiger partial charge in [0.2, 0.25) is 5.91 Å². The number of nitro groups is 1. The minimum Gasteiger partial charge on any atom is -0.359 e. The van der Waals surface area contributed by atoms with E-state index in [1.54, 1.807) is 0 Å². The minimum atomic E-state index is -5.08. The number of aliphatic hydroxyl groups is 1. The molecule has 1 aromatic carbocycles. The van der Waals surface area contributed by atoms with E-state index in [1.165, 1.54) is 12.1 Å². The Morgan fingerprint density at radius 2 is 1.96 bits per heavy atom. The number of unbranched alkanes of at least 4 members (excludes halogenated alkanes) is 1. The van der Waals surface area contributed by atoms with Crippen molar-refractivity contribution in [2.75, 3.05) is 0 Å². The standard InChI is InChI=1S/C16H18F3N3O4/c1-2-3-4-12-10-15(24,16(17,18)19)21(20-12)14(23)9-11-5-7-13(8-6-11)22(25)26/h5-8,10,20,24H,2-4,9H2,1H3/t15-/m1/s1. The quantitative estimate of drug-likeness (QED) is 0.591. The van der Waals surface area contributed by atoms with E-state index in [2.05, 4.69) is 5.43 Å². The summed E-state index contributed by atoms with van der Waals surface area (Å²) < 4.78 is 40.0. The lowest BCUT2D eigenvalue weighted by molar-refractivity contribution is -0.384. The normalized spacial score (nSPS) is 19.9. The summed E-state index contributed by atoms with van der Waals surface area (Å²) in [6.07, 6.45) is -3.35. The number of nitrogens with one attached hydrogen (secondary N) is 1. The van der Waals surface area contributed by atoms with Crippen LogP contribution in [0.2, 0.25) is 0 Å². The van der Waals surface area contributed by atoms with E-state index in [0.29, 0.717) is 12.5 Å². The molecular weight excluding hydrogens is 355 g/mol. The second-order valence-corrected chi connectivity index (χ2v) is 5.94. The number of rotatable bonds is 6. The number of nitro benzene ring substituents is 1. The van der Waals surface area contributed by atoms with Gasteiger partial charge in [-0.15, -0.1) is 0 Å². The topological polar surface area (TPSA) is 95.7 Å². The smallest absolute Gasteiger partial charge is 0.359 e. The second kappa shape index (κ2) is 7.32. The van der Waals surface area contributed by atoms with Crippen molar-refractivity contribution in [2.45, 2.75) is 44.5 Å². The van der Waals surface area contributed by atoms with E-state index in [0.717, 1.165) is 18.6 Å². The van der Waals surface area contributed by atoms with Crippen LogP contribution in [-0.2, 0) is 11.2 Å². The molecule has 1 aliphatic rings. The van der Waals surface area contributed by atoms with E-state index in [-0.39, 0.29) is 28.4 Å². The molecule has 1 heterocycles. The molecule has 0 unspecified atom stereocenters. The van der Waals surface area contributed by atoms with Crippen molar-refractivity contribution in [3.8, 4) is 0 Å². The summed E-state index contributed by atoms with van der Waals surface area (Å²) in [7, 11) is 0. The van der Waals surface area contributed by atoms with Crippen LogP contribution in [-0.4, -0.2) is 32.8 Å². The molecule has 1 aliphatic heterocycles. The molecule has 1 atom stereocenters. The average molecular weight is 373 g/mol. The van der Waals surface area contributed by atoms with Crippen molar-refractivity contribution in [3.05, 3.63) is 51.7 Å². The molecule has 10 heteroatoms. The van der Waals surface area contributed by atoms with Gasteiger partial charge in [0.1, 0.15) is 0 Å². The lowest BCUT2D eigenvalue weighted by atomic mass is 10.1. The Morgan fingerprint density at radius 3 is 2.46 bits per heavy atom. The van der Waals surface area contributed by atoms with Crippen LogP contribution in [0.3, 0.4) is 0 Å². The molecule has 1 amide bonds. The number of amides is 1. The molecule has 0 saturated carbocycles. The van der Waals surface area contributed by atoms with Crippen molar-refractivity contribution in [1.82, 2.24) is 10.4 Å². The number of halogens is 3. The summed E-state index contributed by atoms with van der Waals surface area (Å²) >= 11 is 0. The number of carbonyl (C=O) groups is 1. The molecular formula is C16H18F3N3O4. The van der Waals surface area contributed by atoms with Crippen LogP contribution in [0.15, 0.2) is 36.0 Å². The van der Waals surface area contributed by atoms with Gasteiger partial charge in [0.25, 0.3) is 11.4 Å².